The molecule has 1 atom stereocenters. The molecule has 1 aromatic carbocycles. The van der Waals surface area contributed by atoms with Crippen molar-refractivity contribution in [3.8, 4) is 17.2 Å². The van der Waals surface area contributed by atoms with Crippen LogP contribution in [-0.2, 0) is 11.3 Å². The lowest BCUT2D eigenvalue weighted by Gasteiger charge is -2.19. The van der Waals surface area contributed by atoms with Gasteiger partial charge in [-0.2, -0.15) is 5.10 Å². The van der Waals surface area contributed by atoms with Crippen LogP contribution in [0.2, 0.25) is 0 Å². The van der Waals surface area contributed by atoms with Gasteiger partial charge in [-0.3, -0.25) is 14.3 Å². The Labute approximate surface area is 172 Å². The van der Waals surface area contributed by atoms with E-state index >= 15 is 0 Å². The van der Waals surface area contributed by atoms with E-state index in [2.05, 4.69) is 10.4 Å². The zero-order chi connectivity index (χ0) is 21.7. The molecule has 9 nitrogen and oxygen atoms in total. The number of benzene rings is 1. The number of nitrogens with zero attached hydrogens (tertiary/aromatic N) is 2. The molecule has 0 spiro atoms. The molecule has 3 aromatic rings. The number of rotatable bonds is 8. The zero-order valence-electron chi connectivity index (χ0n) is 16.7. The molecule has 0 fully saturated rings. The van der Waals surface area contributed by atoms with E-state index < -0.39 is 17.1 Å². The summed E-state index contributed by atoms with van der Waals surface area (Å²) in [7, 11) is 1.40. The number of phenolic OH excluding ortho intramolecular Hbond substituents is 1. The first-order valence-electron chi connectivity index (χ1n) is 9.33. The van der Waals surface area contributed by atoms with Crippen molar-refractivity contribution in [3.05, 3.63) is 70.0 Å². The van der Waals surface area contributed by atoms with Crippen molar-refractivity contribution in [2.45, 2.75) is 25.8 Å². The summed E-state index contributed by atoms with van der Waals surface area (Å²) in [6.07, 6.45) is 3.35. The number of hydrogen-bond donors (Lipinski definition) is 3. The van der Waals surface area contributed by atoms with Gasteiger partial charge < -0.3 is 24.7 Å². The molecule has 158 valence electrons. The molecule has 0 bridgehead atoms. The third-order valence-corrected chi connectivity index (χ3v) is 4.61. The minimum Gasteiger partial charge on any atom is -0.504 e. The van der Waals surface area contributed by atoms with Crippen LogP contribution >= 0.6 is 0 Å². The average Bonchev–Trinajstić information content (AvgIpc) is 3.23. The molecule has 0 radical (unpaired) electrons. The smallest absolute Gasteiger partial charge is 0.227 e. The highest BCUT2D eigenvalue weighted by atomic mass is 16.5. The Bertz CT molecular complexity index is 1070. The molecule has 2 heterocycles. The van der Waals surface area contributed by atoms with E-state index in [4.69, 9.17) is 9.15 Å². The van der Waals surface area contributed by atoms with Crippen LogP contribution in [0.3, 0.4) is 0 Å². The van der Waals surface area contributed by atoms with E-state index in [-0.39, 0.29) is 29.6 Å². The normalized spacial score (nSPS) is 11.8. The zero-order valence-corrected chi connectivity index (χ0v) is 16.7. The van der Waals surface area contributed by atoms with E-state index in [1.807, 2.05) is 0 Å². The van der Waals surface area contributed by atoms with Gasteiger partial charge in [-0.15, -0.1) is 0 Å². The molecular formula is C21H23N3O6. The Morgan fingerprint density at radius 2 is 2.13 bits per heavy atom. The number of carbonyl (C=O) groups is 1. The van der Waals surface area contributed by atoms with Crippen LogP contribution in [0.25, 0.3) is 0 Å². The van der Waals surface area contributed by atoms with Gasteiger partial charge in [0.2, 0.25) is 17.1 Å². The quantitative estimate of drug-likeness (QED) is 0.515. The first kappa shape index (κ1) is 21.0. The van der Waals surface area contributed by atoms with Gasteiger partial charge in [0.15, 0.2) is 17.3 Å². The largest absolute Gasteiger partial charge is 0.504 e. The molecule has 9 heteroatoms. The Kier molecular flexibility index (Phi) is 6.41. The molecule has 0 aliphatic carbocycles. The number of aromatic nitrogens is 2. The lowest BCUT2D eigenvalue weighted by atomic mass is 9.91. The molecule has 0 saturated carbocycles. The van der Waals surface area contributed by atoms with Gasteiger partial charge in [0.05, 0.1) is 19.6 Å². The number of hydrogen-bond acceptors (Lipinski definition) is 7. The van der Waals surface area contributed by atoms with Crippen molar-refractivity contribution in [1.82, 2.24) is 15.1 Å². The summed E-state index contributed by atoms with van der Waals surface area (Å²) in [4.78, 5) is 24.7. The summed E-state index contributed by atoms with van der Waals surface area (Å²) in [5.74, 6) is -1.20. The maximum absolute atomic E-state index is 12.6. The van der Waals surface area contributed by atoms with E-state index in [1.54, 1.807) is 42.2 Å². The van der Waals surface area contributed by atoms with Crippen LogP contribution in [-0.4, -0.2) is 39.6 Å². The van der Waals surface area contributed by atoms with Crippen LogP contribution in [0.4, 0.5) is 0 Å². The summed E-state index contributed by atoms with van der Waals surface area (Å²) in [6, 6.07) is 7.51. The van der Waals surface area contributed by atoms with Crippen molar-refractivity contribution in [1.29, 1.82) is 0 Å². The Hall–Kier alpha value is -3.75. The molecule has 0 aliphatic heterocycles. The van der Waals surface area contributed by atoms with Gasteiger partial charge in [0.25, 0.3) is 0 Å². The molecule has 0 saturated heterocycles. The van der Waals surface area contributed by atoms with Gasteiger partial charge in [-0.05, 0) is 30.7 Å². The van der Waals surface area contributed by atoms with Crippen molar-refractivity contribution < 1.29 is 24.2 Å². The Morgan fingerprint density at radius 1 is 1.33 bits per heavy atom. The highest BCUT2D eigenvalue weighted by Crippen LogP contribution is 2.37. The summed E-state index contributed by atoms with van der Waals surface area (Å²) in [6.45, 7) is 2.44. The minimum atomic E-state index is -0.767. The predicted molar refractivity (Wildman–Crippen MR) is 108 cm³/mol. The van der Waals surface area contributed by atoms with Gasteiger partial charge in [0, 0.05) is 31.4 Å². The number of carbonyl (C=O) groups excluding carboxylic acids is 1. The minimum absolute atomic E-state index is 0.0185. The second-order valence-electron chi connectivity index (χ2n) is 6.74. The molecule has 3 N–H and O–H groups in total. The highest BCUT2D eigenvalue weighted by molar-refractivity contribution is 5.77. The molecule has 2 aromatic heterocycles. The number of ether oxygens (including phenoxy) is 1. The van der Waals surface area contributed by atoms with E-state index in [9.17, 15) is 19.8 Å². The van der Waals surface area contributed by atoms with Crippen molar-refractivity contribution in [2.75, 3.05) is 13.7 Å². The number of methoxy groups -OCH3 is 1. The van der Waals surface area contributed by atoms with Gasteiger partial charge in [-0.25, -0.2) is 0 Å². The van der Waals surface area contributed by atoms with Crippen molar-refractivity contribution >= 4 is 5.91 Å². The lowest BCUT2D eigenvalue weighted by molar-refractivity contribution is -0.121. The van der Waals surface area contributed by atoms with E-state index in [0.29, 0.717) is 24.4 Å². The topological polar surface area (TPSA) is 127 Å². The van der Waals surface area contributed by atoms with Crippen LogP contribution in [0.15, 0.2) is 51.9 Å². The summed E-state index contributed by atoms with van der Waals surface area (Å²) in [5, 5.41) is 27.1. The number of amides is 1. The summed E-state index contributed by atoms with van der Waals surface area (Å²) < 4.78 is 12.5. The van der Waals surface area contributed by atoms with Gasteiger partial charge in [-0.1, -0.05) is 6.07 Å². The fourth-order valence-corrected chi connectivity index (χ4v) is 3.13. The standard InChI is InChI=1S/C21H23N3O6/c1-13-10-17(26)20(28)21(30-13)15(14-4-5-16(25)18(11-14)29-2)12-19(27)22-7-9-24-8-3-6-23-24/h3-6,8,10-11,15,25,28H,7,9,12H2,1-2H3,(H,22,27)/t15-/m1/s1. The second kappa shape index (κ2) is 9.17. The SMILES string of the molecule is COc1cc([C@@H](CC(=O)NCCn2cccn2)c2oc(C)cc(=O)c2O)ccc1O. The van der Waals surface area contributed by atoms with Crippen molar-refractivity contribution in [2.24, 2.45) is 0 Å². The van der Waals surface area contributed by atoms with Gasteiger partial charge >= 0.3 is 0 Å². The molecule has 3 rings (SSSR count). The van der Waals surface area contributed by atoms with Crippen molar-refractivity contribution in [3.63, 3.8) is 0 Å². The highest BCUT2D eigenvalue weighted by Gasteiger charge is 2.26. The second-order valence-corrected chi connectivity index (χ2v) is 6.74. The molecule has 1 amide bonds. The molecule has 30 heavy (non-hydrogen) atoms. The fourth-order valence-electron chi connectivity index (χ4n) is 3.13. The number of aromatic hydroxyl groups is 2. The first-order valence-corrected chi connectivity index (χ1v) is 9.33. The van der Waals surface area contributed by atoms with Crippen LogP contribution < -0.4 is 15.5 Å². The molecule has 0 aliphatic rings. The number of aryl methyl sites for hydroxylation is 1. The molecular weight excluding hydrogens is 390 g/mol. The molecule has 0 unspecified atom stereocenters. The van der Waals surface area contributed by atoms with E-state index in [0.717, 1.165) is 0 Å². The average molecular weight is 413 g/mol. The first-order chi connectivity index (χ1) is 14.4. The predicted octanol–water partition coefficient (Wildman–Crippen LogP) is 1.90. The maximum atomic E-state index is 12.6. The number of nitrogens with one attached hydrogen (secondary N) is 1. The number of phenols is 1. The fraction of sp³-hybridized carbons (Fsp3) is 0.286. The van der Waals surface area contributed by atoms with Crippen LogP contribution in [0.1, 0.15) is 29.4 Å². The lowest BCUT2D eigenvalue weighted by Crippen LogP contribution is -2.29. The van der Waals surface area contributed by atoms with Gasteiger partial charge in [0.1, 0.15) is 5.76 Å². The Morgan fingerprint density at radius 3 is 2.83 bits per heavy atom. The summed E-state index contributed by atoms with van der Waals surface area (Å²) in [5.41, 5.74) is -0.0560. The summed E-state index contributed by atoms with van der Waals surface area (Å²) >= 11 is 0. The maximum Gasteiger partial charge on any atom is 0.227 e. The third-order valence-electron chi connectivity index (χ3n) is 4.61. The Balaban J connectivity index is 1.88. The van der Waals surface area contributed by atoms with Crippen LogP contribution in [0, 0.1) is 6.92 Å². The van der Waals surface area contributed by atoms with Crippen LogP contribution in [0.5, 0.6) is 17.2 Å². The third kappa shape index (κ3) is 4.80. The monoisotopic (exact) mass is 413 g/mol. The van der Waals surface area contributed by atoms with E-state index in [1.165, 1.54) is 19.2 Å².